The summed E-state index contributed by atoms with van der Waals surface area (Å²) in [6.45, 7) is 2.19. The molecule has 0 saturated carbocycles. The number of hydrogen-bond donors (Lipinski definition) is 0. The molecule has 0 spiro atoms. The predicted molar refractivity (Wildman–Crippen MR) is 103 cm³/mol. The minimum absolute atomic E-state index is 0.00817. The number of anilines is 1. The van der Waals surface area contributed by atoms with Crippen LogP contribution >= 0.6 is 0 Å². The first-order valence-electron chi connectivity index (χ1n) is 8.90. The van der Waals surface area contributed by atoms with Gasteiger partial charge >= 0.3 is 0 Å². The van der Waals surface area contributed by atoms with Crippen LogP contribution in [0.3, 0.4) is 0 Å². The Bertz CT molecular complexity index is 1070. The second kappa shape index (κ2) is 6.83. The largest absolute Gasteiger partial charge is 0.310 e. The van der Waals surface area contributed by atoms with E-state index in [9.17, 15) is 14.0 Å². The average molecular weight is 362 g/mol. The van der Waals surface area contributed by atoms with Gasteiger partial charge in [0.15, 0.2) is 0 Å². The molecule has 0 unspecified atom stereocenters. The van der Waals surface area contributed by atoms with Gasteiger partial charge < -0.3 is 9.47 Å². The number of rotatable bonds is 3. The lowest BCUT2D eigenvalue weighted by Crippen LogP contribution is -2.39. The fourth-order valence-electron chi connectivity index (χ4n) is 3.66. The minimum atomic E-state index is -0.372. The number of carbonyl (C=O) groups is 1. The van der Waals surface area contributed by atoms with Crippen LogP contribution in [0.15, 0.2) is 71.7 Å². The van der Waals surface area contributed by atoms with Gasteiger partial charge in [0.05, 0.1) is 6.54 Å². The molecule has 5 heteroatoms. The Hall–Kier alpha value is -3.21. The molecule has 3 aromatic rings. The Morgan fingerprint density at radius 1 is 1.11 bits per heavy atom. The minimum Gasteiger partial charge on any atom is -0.310 e. The maximum Gasteiger partial charge on any atom is 0.264 e. The molecule has 2 heterocycles. The lowest BCUT2D eigenvalue weighted by atomic mass is 10.1. The van der Waals surface area contributed by atoms with Gasteiger partial charge in [-0.2, -0.15) is 0 Å². The molecule has 0 aliphatic carbocycles. The molecule has 1 aliphatic heterocycles. The molecule has 1 aliphatic rings. The highest BCUT2D eigenvalue weighted by molar-refractivity contribution is 6.07. The number of halogens is 1. The summed E-state index contributed by atoms with van der Waals surface area (Å²) in [6.07, 6.45) is 2.39. The molecule has 1 amide bonds. The lowest BCUT2D eigenvalue weighted by Gasteiger charge is -2.22. The van der Waals surface area contributed by atoms with Crippen LogP contribution in [0.1, 0.15) is 28.4 Å². The Morgan fingerprint density at radius 3 is 2.74 bits per heavy atom. The zero-order valence-corrected chi connectivity index (χ0v) is 14.9. The first kappa shape index (κ1) is 17.2. The van der Waals surface area contributed by atoms with Crippen molar-refractivity contribution in [3.05, 3.63) is 99.7 Å². The summed E-state index contributed by atoms with van der Waals surface area (Å²) in [5, 5.41) is 0. The summed E-state index contributed by atoms with van der Waals surface area (Å²) in [6, 6.07) is 17.1. The van der Waals surface area contributed by atoms with Crippen LogP contribution < -0.4 is 10.5 Å². The summed E-state index contributed by atoms with van der Waals surface area (Å²) >= 11 is 0. The van der Waals surface area contributed by atoms with Crippen LogP contribution in [-0.4, -0.2) is 16.5 Å². The number of carbonyl (C=O) groups excluding carboxylic acids is 1. The third-order valence-electron chi connectivity index (χ3n) is 4.92. The molecular weight excluding hydrogens is 343 g/mol. The Kier molecular flexibility index (Phi) is 4.36. The summed E-state index contributed by atoms with van der Waals surface area (Å²) < 4.78 is 14.9. The monoisotopic (exact) mass is 362 g/mol. The Balaban J connectivity index is 1.69. The lowest BCUT2D eigenvalue weighted by molar-refractivity contribution is 0.0979. The molecule has 0 saturated heterocycles. The van der Waals surface area contributed by atoms with Crippen molar-refractivity contribution in [2.75, 3.05) is 4.90 Å². The van der Waals surface area contributed by atoms with Crippen molar-refractivity contribution in [1.29, 1.82) is 0 Å². The summed E-state index contributed by atoms with van der Waals surface area (Å²) in [5.74, 6) is -0.652. The molecule has 0 bridgehead atoms. The van der Waals surface area contributed by atoms with Gasteiger partial charge in [-0.15, -0.1) is 0 Å². The average Bonchev–Trinajstić information content (AvgIpc) is 2.99. The second-order valence-electron chi connectivity index (χ2n) is 6.84. The smallest absolute Gasteiger partial charge is 0.264 e. The van der Waals surface area contributed by atoms with Crippen molar-refractivity contribution >= 4 is 11.6 Å². The van der Waals surface area contributed by atoms with Crippen molar-refractivity contribution in [2.24, 2.45) is 0 Å². The van der Waals surface area contributed by atoms with E-state index in [0.717, 1.165) is 17.7 Å². The molecule has 1 atom stereocenters. The first-order chi connectivity index (χ1) is 13.0. The number of amides is 1. The third kappa shape index (κ3) is 3.16. The number of fused-ring (bicyclic) bond motifs is 1. The van der Waals surface area contributed by atoms with Gasteiger partial charge in [0.25, 0.3) is 11.5 Å². The Labute approximate surface area is 156 Å². The number of pyridine rings is 1. The fourth-order valence-corrected chi connectivity index (χ4v) is 3.66. The first-order valence-corrected chi connectivity index (χ1v) is 8.90. The van der Waals surface area contributed by atoms with E-state index in [0.29, 0.717) is 5.56 Å². The van der Waals surface area contributed by atoms with Crippen LogP contribution in [0.5, 0.6) is 0 Å². The van der Waals surface area contributed by atoms with Gasteiger partial charge in [0, 0.05) is 17.9 Å². The van der Waals surface area contributed by atoms with Crippen LogP contribution in [0.4, 0.5) is 10.1 Å². The van der Waals surface area contributed by atoms with Gasteiger partial charge in [0.1, 0.15) is 11.4 Å². The fraction of sp³-hybridized carbons (Fsp3) is 0.182. The molecule has 4 nitrogen and oxygen atoms in total. The zero-order chi connectivity index (χ0) is 19.0. The molecule has 0 radical (unpaired) electrons. The number of hydrogen-bond acceptors (Lipinski definition) is 2. The van der Waals surface area contributed by atoms with Gasteiger partial charge in [-0.25, -0.2) is 4.39 Å². The van der Waals surface area contributed by atoms with Gasteiger partial charge in [-0.3, -0.25) is 9.59 Å². The standard InChI is InChI=1S/C22H19FN2O2/c1-15-12-17-7-2-3-10-20(17)25(15)22(27)19-9-5-11-24(21(19)26)14-16-6-4-8-18(23)13-16/h2-11,13,15H,12,14H2,1H3/t15-/m0/s1. The van der Waals surface area contributed by atoms with Crippen molar-refractivity contribution in [3.63, 3.8) is 0 Å². The van der Waals surface area contributed by atoms with Crippen molar-refractivity contribution in [1.82, 2.24) is 4.57 Å². The number of nitrogens with zero attached hydrogens (tertiary/aromatic N) is 2. The van der Waals surface area contributed by atoms with E-state index in [1.54, 1.807) is 35.4 Å². The van der Waals surface area contributed by atoms with E-state index in [4.69, 9.17) is 0 Å². The van der Waals surface area contributed by atoms with Crippen molar-refractivity contribution < 1.29 is 9.18 Å². The number of benzene rings is 2. The van der Waals surface area contributed by atoms with Crippen LogP contribution in [-0.2, 0) is 13.0 Å². The second-order valence-corrected chi connectivity index (χ2v) is 6.84. The van der Waals surface area contributed by atoms with E-state index in [1.165, 1.54) is 16.7 Å². The molecule has 0 fully saturated rings. The van der Waals surface area contributed by atoms with Crippen LogP contribution in [0.2, 0.25) is 0 Å². The summed E-state index contributed by atoms with van der Waals surface area (Å²) in [5.41, 5.74) is 2.38. The van der Waals surface area contributed by atoms with Crippen molar-refractivity contribution in [3.8, 4) is 0 Å². The van der Waals surface area contributed by atoms with Crippen molar-refractivity contribution in [2.45, 2.75) is 25.9 Å². The highest BCUT2D eigenvalue weighted by Gasteiger charge is 2.32. The summed E-state index contributed by atoms with van der Waals surface area (Å²) in [4.78, 5) is 27.7. The zero-order valence-electron chi connectivity index (χ0n) is 14.9. The maximum atomic E-state index is 13.4. The van der Waals surface area contributed by atoms with Crippen LogP contribution in [0, 0.1) is 5.82 Å². The summed E-state index contributed by atoms with van der Waals surface area (Å²) in [7, 11) is 0. The SMILES string of the molecule is C[C@H]1Cc2ccccc2N1C(=O)c1cccn(Cc2cccc(F)c2)c1=O. The van der Waals surface area contributed by atoms with Crippen LogP contribution in [0.25, 0.3) is 0 Å². The topological polar surface area (TPSA) is 42.3 Å². The van der Waals surface area contributed by atoms with Gasteiger partial charge in [0.2, 0.25) is 0 Å². The third-order valence-corrected chi connectivity index (χ3v) is 4.92. The van der Waals surface area contributed by atoms with E-state index in [1.807, 2.05) is 31.2 Å². The molecule has 2 aromatic carbocycles. The van der Waals surface area contributed by atoms with E-state index in [2.05, 4.69) is 0 Å². The molecule has 27 heavy (non-hydrogen) atoms. The maximum absolute atomic E-state index is 13.4. The van der Waals surface area contributed by atoms with Gasteiger partial charge in [-0.1, -0.05) is 30.3 Å². The number of para-hydroxylation sites is 1. The van der Waals surface area contributed by atoms with Gasteiger partial charge in [-0.05, 0) is 54.8 Å². The molecule has 136 valence electrons. The van der Waals surface area contributed by atoms with E-state index >= 15 is 0 Å². The quantitative estimate of drug-likeness (QED) is 0.714. The normalized spacial score (nSPS) is 15.6. The predicted octanol–water partition coefficient (Wildman–Crippen LogP) is 3.63. The highest BCUT2D eigenvalue weighted by atomic mass is 19.1. The van der Waals surface area contributed by atoms with E-state index < -0.39 is 0 Å². The Morgan fingerprint density at radius 2 is 1.93 bits per heavy atom. The van der Waals surface area contributed by atoms with E-state index in [-0.39, 0.29) is 35.4 Å². The molecule has 4 rings (SSSR count). The highest BCUT2D eigenvalue weighted by Crippen LogP contribution is 2.32. The molecular formula is C22H19FN2O2. The molecule has 1 aromatic heterocycles. The molecule has 0 N–H and O–H groups in total. The number of aromatic nitrogens is 1.